The molecule has 1 aromatic heterocycles. The fourth-order valence-corrected chi connectivity index (χ4v) is 2.65. The van der Waals surface area contributed by atoms with Gasteiger partial charge in [-0.25, -0.2) is 0 Å². The van der Waals surface area contributed by atoms with Gasteiger partial charge in [0.05, 0.1) is 12.2 Å². The number of aryl methyl sites for hydroxylation is 1. The van der Waals surface area contributed by atoms with E-state index in [1.807, 2.05) is 20.8 Å². The Balaban J connectivity index is 0.00000109. The number of carbonyl (C=O) groups excluding carboxylic acids is 1. The minimum absolute atomic E-state index is 0.0255. The van der Waals surface area contributed by atoms with Gasteiger partial charge in [-0.05, 0) is 38.1 Å². The number of nitrogens with zero attached hydrogens (tertiary/aromatic N) is 3. The van der Waals surface area contributed by atoms with E-state index >= 15 is 0 Å². The smallest absolute Gasteiger partial charge is 0.406 e. The van der Waals surface area contributed by atoms with Crippen LogP contribution in [0, 0.1) is 6.92 Å². The molecule has 0 fully saturated rings. The number of anilines is 1. The van der Waals surface area contributed by atoms with Crippen LogP contribution < -0.4 is 9.64 Å². The highest BCUT2D eigenvalue weighted by atomic mass is 19.4. The van der Waals surface area contributed by atoms with Crippen molar-refractivity contribution in [3.63, 3.8) is 0 Å². The second kappa shape index (κ2) is 7.16. The highest BCUT2D eigenvalue weighted by Gasteiger charge is 2.33. The molecule has 1 atom stereocenters. The average molecular weight is 355 g/mol. The molecule has 0 N–H and O–H groups in total. The number of ether oxygens (including phenoxy) is 1. The maximum absolute atomic E-state index is 12.6. The van der Waals surface area contributed by atoms with E-state index in [0.29, 0.717) is 17.9 Å². The molecule has 0 saturated carbocycles. The second-order valence-corrected chi connectivity index (χ2v) is 5.43. The van der Waals surface area contributed by atoms with Crippen molar-refractivity contribution in [1.29, 1.82) is 0 Å². The molecule has 0 bridgehead atoms. The summed E-state index contributed by atoms with van der Waals surface area (Å²) in [4.78, 5) is 14.1. The molecule has 2 aromatic rings. The van der Waals surface area contributed by atoms with Gasteiger partial charge < -0.3 is 9.64 Å². The summed E-state index contributed by atoms with van der Waals surface area (Å²) in [7, 11) is 0. The minimum Gasteiger partial charge on any atom is -0.406 e. The van der Waals surface area contributed by atoms with Crippen molar-refractivity contribution < 1.29 is 22.7 Å². The van der Waals surface area contributed by atoms with Crippen molar-refractivity contribution in [3.05, 3.63) is 41.7 Å². The van der Waals surface area contributed by atoms with Crippen molar-refractivity contribution >= 4 is 11.6 Å². The number of hydrogen-bond acceptors (Lipinski definition) is 3. The number of fused-ring (bicyclic) bond motifs is 1. The van der Waals surface area contributed by atoms with Crippen LogP contribution in [0.4, 0.5) is 18.9 Å². The van der Waals surface area contributed by atoms with Crippen molar-refractivity contribution in [2.75, 3.05) is 11.4 Å². The highest BCUT2D eigenvalue weighted by Crippen LogP contribution is 2.30. The van der Waals surface area contributed by atoms with Gasteiger partial charge in [0, 0.05) is 17.8 Å². The summed E-state index contributed by atoms with van der Waals surface area (Å²) >= 11 is 0. The Morgan fingerprint density at radius 1 is 1.20 bits per heavy atom. The van der Waals surface area contributed by atoms with Crippen molar-refractivity contribution in [3.8, 4) is 5.75 Å². The van der Waals surface area contributed by atoms with Gasteiger partial charge in [0.25, 0.3) is 5.91 Å². The molecule has 1 unspecified atom stereocenters. The van der Waals surface area contributed by atoms with Crippen molar-refractivity contribution in [2.45, 2.75) is 40.1 Å². The van der Waals surface area contributed by atoms with Gasteiger partial charge in [-0.3, -0.25) is 9.48 Å². The van der Waals surface area contributed by atoms with Crippen molar-refractivity contribution in [2.24, 2.45) is 0 Å². The molecule has 0 aliphatic carbocycles. The highest BCUT2D eigenvalue weighted by molar-refractivity contribution is 6.06. The summed E-state index contributed by atoms with van der Waals surface area (Å²) in [6, 6.07) is 5.24. The minimum atomic E-state index is -4.74. The van der Waals surface area contributed by atoms with Crippen LogP contribution in [-0.2, 0) is 0 Å². The SMILES string of the molecule is CC.Cc1cnn2c1C(=O)N(c1ccc(OC(F)(F)F)cc1)CC2C. The maximum atomic E-state index is 12.6. The first-order valence-corrected chi connectivity index (χ1v) is 7.98. The molecule has 1 aliphatic rings. The van der Waals surface area contributed by atoms with Gasteiger partial charge in [0.1, 0.15) is 11.4 Å². The molecule has 1 amide bonds. The Kier molecular flexibility index (Phi) is 5.39. The predicted octanol–water partition coefficient (Wildman–Crippen LogP) is 4.34. The van der Waals surface area contributed by atoms with Gasteiger partial charge in [-0.15, -0.1) is 13.2 Å². The van der Waals surface area contributed by atoms with Crippen LogP contribution in [-0.4, -0.2) is 28.6 Å². The number of rotatable bonds is 2. The molecule has 136 valence electrons. The first-order chi connectivity index (χ1) is 11.8. The lowest BCUT2D eigenvalue weighted by Crippen LogP contribution is -2.42. The zero-order valence-corrected chi connectivity index (χ0v) is 14.5. The number of benzene rings is 1. The molecule has 0 radical (unpaired) electrons. The van der Waals surface area contributed by atoms with Crippen LogP contribution in [0.3, 0.4) is 0 Å². The Hall–Kier alpha value is -2.51. The first-order valence-electron chi connectivity index (χ1n) is 7.98. The molecule has 2 heterocycles. The van der Waals surface area contributed by atoms with Crippen molar-refractivity contribution in [1.82, 2.24) is 9.78 Å². The topological polar surface area (TPSA) is 47.4 Å². The van der Waals surface area contributed by atoms with Crippen LogP contribution in [0.5, 0.6) is 5.75 Å². The molecule has 8 heteroatoms. The quantitative estimate of drug-likeness (QED) is 0.805. The van der Waals surface area contributed by atoms with Gasteiger partial charge in [-0.2, -0.15) is 5.10 Å². The number of amides is 1. The fourth-order valence-electron chi connectivity index (χ4n) is 2.65. The van der Waals surface area contributed by atoms with E-state index in [1.165, 1.54) is 29.2 Å². The normalized spacial score (nSPS) is 16.8. The zero-order chi connectivity index (χ0) is 18.8. The van der Waals surface area contributed by atoms with Crippen LogP contribution in [0.25, 0.3) is 0 Å². The molecule has 3 rings (SSSR count). The lowest BCUT2D eigenvalue weighted by Gasteiger charge is -2.32. The van der Waals surface area contributed by atoms with Crippen LogP contribution >= 0.6 is 0 Å². The molecule has 1 aliphatic heterocycles. The zero-order valence-electron chi connectivity index (χ0n) is 14.5. The van der Waals surface area contributed by atoms with E-state index in [0.717, 1.165) is 5.56 Å². The largest absolute Gasteiger partial charge is 0.573 e. The summed E-state index contributed by atoms with van der Waals surface area (Å²) in [6.45, 7) is 8.12. The lowest BCUT2D eigenvalue weighted by atomic mass is 10.1. The van der Waals surface area contributed by atoms with E-state index in [4.69, 9.17) is 0 Å². The Bertz CT molecular complexity index is 739. The van der Waals surface area contributed by atoms with E-state index in [2.05, 4.69) is 9.84 Å². The summed E-state index contributed by atoms with van der Waals surface area (Å²) in [5, 5.41) is 4.19. The van der Waals surface area contributed by atoms with Gasteiger partial charge in [-0.1, -0.05) is 13.8 Å². The number of aromatic nitrogens is 2. The van der Waals surface area contributed by atoms with Gasteiger partial charge in [0.15, 0.2) is 0 Å². The number of hydrogen-bond donors (Lipinski definition) is 0. The molecule has 1 aromatic carbocycles. The summed E-state index contributed by atoms with van der Waals surface area (Å²) in [5.74, 6) is -0.539. The third-order valence-electron chi connectivity index (χ3n) is 3.67. The van der Waals surface area contributed by atoms with E-state index in [-0.39, 0.29) is 17.7 Å². The number of halogens is 3. The van der Waals surface area contributed by atoms with Crippen LogP contribution in [0.15, 0.2) is 30.5 Å². The number of carbonyl (C=O) groups is 1. The maximum Gasteiger partial charge on any atom is 0.573 e. The van der Waals surface area contributed by atoms with E-state index < -0.39 is 6.36 Å². The Morgan fingerprint density at radius 3 is 2.36 bits per heavy atom. The lowest BCUT2D eigenvalue weighted by molar-refractivity contribution is -0.274. The standard InChI is InChI=1S/C15H14F3N3O2.C2H6/c1-9-7-19-21-10(2)8-20(14(22)13(9)21)11-3-5-12(6-4-11)23-15(16,17)18;1-2/h3-7,10H,8H2,1-2H3;1-2H3. The predicted molar refractivity (Wildman–Crippen MR) is 87.8 cm³/mol. The fraction of sp³-hybridized carbons (Fsp3) is 0.412. The second-order valence-electron chi connectivity index (χ2n) is 5.43. The molecular weight excluding hydrogens is 335 g/mol. The molecule has 25 heavy (non-hydrogen) atoms. The average Bonchev–Trinajstić information content (AvgIpc) is 2.95. The summed E-state index contributed by atoms with van der Waals surface area (Å²) in [6.07, 6.45) is -3.10. The third kappa shape index (κ3) is 3.94. The Labute approximate surface area is 144 Å². The molecular formula is C17H20F3N3O2. The summed E-state index contributed by atoms with van der Waals surface area (Å²) < 4.78 is 42.1. The summed E-state index contributed by atoms with van der Waals surface area (Å²) in [5.41, 5.74) is 1.78. The van der Waals surface area contributed by atoms with Crippen LogP contribution in [0.1, 0.15) is 42.9 Å². The number of alkyl halides is 3. The molecule has 0 spiro atoms. The molecule has 5 nitrogen and oxygen atoms in total. The van der Waals surface area contributed by atoms with Gasteiger partial charge in [0.2, 0.25) is 0 Å². The Morgan fingerprint density at radius 2 is 1.80 bits per heavy atom. The monoisotopic (exact) mass is 355 g/mol. The molecule has 0 saturated heterocycles. The van der Waals surface area contributed by atoms with E-state index in [1.54, 1.807) is 17.8 Å². The van der Waals surface area contributed by atoms with Gasteiger partial charge >= 0.3 is 6.36 Å². The third-order valence-corrected chi connectivity index (χ3v) is 3.67. The van der Waals surface area contributed by atoms with E-state index in [9.17, 15) is 18.0 Å². The first kappa shape index (κ1) is 18.8. The van der Waals surface area contributed by atoms with Crippen LogP contribution in [0.2, 0.25) is 0 Å².